The molecular weight excluding hydrogens is 338 g/mol. The summed E-state index contributed by atoms with van der Waals surface area (Å²) in [6.45, 7) is 0.639. The molecular formula is C23H19NO3. The summed E-state index contributed by atoms with van der Waals surface area (Å²) in [5, 5.41) is 1.44. The molecule has 4 heteroatoms. The second-order valence-electron chi connectivity index (χ2n) is 6.52. The highest BCUT2D eigenvalue weighted by Gasteiger charge is 2.10. The van der Waals surface area contributed by atoms with Crippen molar-refractivity contribution >= 4 is 27.8 Å². The number of methoxy groups -OCH3 is 1. The summed E-state index contributed by atoms with van der Waals surface area (Å²) >= 11 is 0. The first-order valence-electron chi connectivity index (χ1n) is 8.82. The molecule has 4 nitrogen and oxygen atoms in total. The summed E-state index contributed by atoms with van der Waals surface area (Å²) in [4.78, 5) is 24.2. The number of benzene rings is 3. The lowest BCUT2D eigenvalue weighted by Crippen LogP contribution is -2.12. The Labute approximate surface area is 156 Å². The van der Waals surface area contributed by atoms with Gasteiger partial charge >= 0.3 is 5.97 Å². The number of para-hydroxylation sites is 2. The second kappa shape index (κ2) is 7.08. The average molecular weight is 357 g/mol. The van der Waals surface area contributed by atoms with Gasteiger partial charge in [0.1, 0.15) is 0 Å². The van der Waals surface area contributed by atoms with Crippen LogP contribution in [-0.2, 0) is 22.5 Å². The van der Waals surface area contributed by atoms with Gasteiger partial charge in [-0.2, -0.15) is 0 Å². The number of fused-ring (bicyclic) bond motifs is 2. The Morgan fingerprint density at radius 3 is 1.89 bits per heavy atom. The molecule has 0 aliphatic heterocycles. The van der Waals surface area contributed by atoms with Crippen LogP contribution >= 0.6 is 0 Å². The van der Waals surface area contributed by atoms with Crippen LogP contribution in [-0.4, -0.2) is 17.6 Å². The Hall–Kier alpha value is -3.40. The van der Waals surface area contributed by atoms with E-state index in [9.17, 15) is 9.59 Å². The fraction of sp³-hybridized carbons (Fsp3) is 0.130. The maximum atomic E-state index is 12.8. The number of hydrogen-bond acceptors (Lipinski definition) is 3. The van der Waals surface area contributed by atoms with Crippen molar-refractivity contribution in [2.24, 2.45) is 0 Å². The molecule has 0 amide bonds. The molecule has 0 fully saturated rings. The van der Waals surface area contributed by atoms with Crippen molar-refractivity contribution in [2.75, 3.05) is 7.11 Å². The van der Waals surface area contributed by atoms with E-state index < -0.39 is 0 Å². The van der Waals surface area contributed by atoms with Crippen LogP contribution in [0.4, 0.5) is 0 Å². The Kier molecular flexibility index (Phi) is 4.47. The molecule has 0 saturated heterocycles. The van der Waals surface area contributed by atoms with E-state index in [4.69, 9.17) is 4.74 Å². The molecule has 134 valence electrons. The number of carbonyl (C=O) groups excluding carboxylic acids is 1. The van der Waals surface area contributed by atoms with Gasteiger partial charge in [0, 0.05) is 17.3 Å². The van der Waals surface area contributed by atoms with E-state index in [0.29, 0.717) is 6.54 Å². The van der Waals surface area contributed by atoms with Gasteiger partial charge < -0.3 is 9.30 Å². The molecule has 4 aromatic rings. The van der Waals surface area contributed by atoms with E-state index in [-0.39, 0.29) is 17.8 Å². The van der Waals surface area contributed by atoms with Crippen molar-refractivity contribution in [3.8, 4) is 0 Å². The zero-order valence-corrected chi connectivity index (χ0v) is 15.0. The zero-order chi connectivity index (χ0) is 18.8. The molecule has 3 aromatic carbocycles. The van der Waals surface area contributed by atoms with Crippen LogP contribution in [0.3, 0.4) is 0 Å². The van der Waals surface area contributed by atoms with Crippen molar-refractivity contribution in [2.45, 2.75) is 13.0 Å². The lowest BCUT2D eigenvalue weighted by molar-refractivity contribution is -0.139. The number of pyridine rings is 1. The van der Waals surface area contributed by atoms with Crippen LogP contribution in [0.1, 0.15) is 11.1 Å². The van der Waals surface area contributed by atoms with Crippen LogP contribution in [0.2, 0.25) is 0 Å². The summed E-state index contributed by atoms with van der Waals surface area (Å²) in [6.07, 6.45) is 0.265. The first-order chi connectivity index (χ1) is 13.2. The maximum absolute atomic E-state index is 12.8. The summed E-state index contributed by atoms with van der Waals surface area (Å²) in [5.41, 5.74) is 3.91. The quantitative estimate of drug-likeness (QED) is 0.411. The Morgan fingerprint density at radius 2 is 1.33 bits per heavy atom. The van der Waals surface area contributed by atoms with Gasteiger partial charge in [-0.25, -0.2) is 0 Å². The molecule has 0 bridgehead atoms. The number of aromatic nitrogens is 1. The Morgan fingerprint density at radius 1 is 0.815 bits per heavy atom. The van der Waals surface area contributed by atoms with Gasteiger partial charge in [-0.05, 0) is 35.4 Å². The lowest BCUT2D eigenvalue weighted by Gasteiger charge is -2.15. The second-order valence-corrected chi connectivity index (χ2v) is 6.52. The van der Waals surface area contributed by atoms with E-state index in [1.54, 1.807) is 0 Å². The SMILES string of the molecule is COC(=O)Cc1ccc(Cn2c3ccccc3c(=O)c3ccccc32)cc1. The highest BCUT2D eigenvalue weighted by atomic mass is 16.5. The minimum atomic E-state index is -0.250. The van der Waals surface area contributed by atoms with Crippen LogP contribution in [0.5, 0.6) is 0 Å². The van der Waals surface area contributed by atoms with Crippen molar-refractivity contribution < 1.29 is 9.53 Å². The lowest BCUT2D eigenvalue weighted by atomic mass is 10.1. The number of ether oxygens (including phenoxy) is 1. The molecule has 0 aliphatic rings. The standard InChI is InChI=1S/C23H19NO3/c1-27-22(25)14-16-10-12-17(13-11-16)15-24-20-8-4-2-6-18(20)23(26)19-7-3-5-9-21(19)24/h2-13H,14-15H2,1H3. The molecule has 4 rings (SSSR count). The molecule has 0 unspecified atom stereocenters. The maximum Gasteiger partial charge on any atom is 0.309 e. The third-order valence-electron chi connectivity index (χ3n) is 4.82. The fourth-order valence-corrected chi connectivity index (χ4v) is 3.43. The van der Waals surface area contributed by atoms with Crippen molar-refractivity contribution in [1.29, 1.82) is 0 Å². The molecule has 0 atom stereocenters. The summed E-state index contributed by atoms with van der Waals surface area (Å²) in [5.74, 6) is -0.250. The topological polar surface area (TPSA) is 48.3 Å². The van der Waals surface area contributed by atoms with Crippen LogP contribution in [0.15, 0.2) is 77.6 Å². The van der Waals surface area contributed by atoms with Crippen molar-refractivity contribution in [3.05, 3.63) is 94.1 Å². The molecule has 27 heavy (non-hydrogen) atoms. The van der Waals surface area contributed by atoms with Gasteiger partial charge in [-0.1, -0.05) is 48.5 Å². The van der Waals surface area contributed by atoms with Gasteiger partial charge in [0.25, 0.3) is 0 Å². The smallest absolute Gasteiger partial charge is 0.309 e. The van der Waals surface area contributed by atoms with Crippen LogP contribution in [0.25, 0.3) is 21.8 Å². The van der Waals surface area contributed by atoms with Crippen LogP contribution in [0, 0.1) is 0 Å². The normalized spacial score (nSPS) is 11.0. The Bertz CT molecular complexity index is 1130. The number of nitrogens with zero attached hydrogens (tertiary/aromatic N) is 1. The summed E-state index contributed by atoms with van der Waals surface area (Å²) in [7, 11) is 1.39. The van der Waals surface area contributed by atoms with Gasteiger partial charge in [0.15, 0.2) is 5.43 Å². The van der Waals surface area contributed by atoms with Crippen molar-refractivity contribution in [3.63, 3.8) is 0 Å². The predicted molar refractivity (Wildman–Crippen MR) is 107 cm³/mol. The van der Waals surface area contributed by atoms with Gasteiger partial charge in [-0.15, -0.1) is 0 Å². The molecule has 0 saturated carbocycles. The van der Waals surface area contributed by atoms with Gasteiger partial charge in [0.2, 0.25) is 0 Å². The number of rotatable bonds is 4. The third kappa shape index (κ3) is 3.22. The molecule has 1 heterocycles. The van der Waals surface area contributed by atoms with E-state index in [0.717, 1.165) is 32.9 Å². The average Bonchev–Trinajstić information content (AvgIpc) is 2.72. The van der Waals surface area contributed by atoms with E-state index in [1.807, 2.05) is 72.8 Å². The first kappa shape index (κ1) is 17.0. The Balaban J connectivity index is 1.80. The van der Waals surface area contributed by atoms with Gasteiger partial charge in [0.05, 0.1) is 24.6 Å². The zero-order valence-electron chi connectivity index (χ0n) is 15.0. The molecule has 0 N–H and O–H groups in total. The predicted octanol–water partition coefficient (Wildman–Crippen LogP) is 3.92. The summed E-state index contributed by atoms with van der Waals surface area (Å²) < 4.78 is 6.88. The highest BCUT2D eigenvalue weighted by Crippen LogP contribution is 2.21. The molecule has 1 aromatic heterocycles. The first-order valence-corrected chi connectivity index (χ1v) is 8.82. The minimum Gasteiger partial charge on any atom is -0.469 e. The minimum absolute atomic E-state index is 0.0610. The van der Waals surface area contributed by atoms with E-state index in [1.165, 1.54) is 7.11 Å². The largest absolute Gasteiger partial charge is 0.469 e. The number of esters is 1. The third-order valence-corrected chi connectivity index (χ3v) is 4.82. The fourth-order valence-electron chi connectivity index (χ4n) is 3.43. The summed E-state index contributed by atoms with van der Waals surface area (Å²) in [6, 6.07) is 23.3. The number of hydrogen-bond donors (Lipinski definition) is 0. The molecule has 0 radical (unpaired) electrons. The number of carbonyl (C=O) groups is 1. The van der Waals surface area contributed by atoms with Crippen LogP contribution < -0.4 is 5.43 Å². The highest BCUT2D eigenvalue weighted by molar-refractivity contribution is 5.93. The molecule has 0 aliphatic carbocycles. The van der Waals surface area contributed by atoms with E-state index >= 15 is 0 Å². The van der Waals surface area contributed by atoms with Gasteiger partial charge in [-0.3, -0.25) is 9.59 Å². The molecule has 0 spiro atoms. The van der Waals surface area contributed by atoms with Crippen molar-refractivity contribution in [1.82, 2.24) is 4.57 Å². The van der Waals surface area contributed by atoms with E-state index in [2.05, 4.69) is 4.57 Å². The monoisotopic (exact) mass is 357 g/mol.